The molecule has 104 valence electrons. The molecule has 0 spiro atoms. The van der Waals surface area contributed by atoms with Gasteiger partial charge in [0.1, 0.15) is 5.69 Å². The Morgan fingerprint density at radius 2 is 2.21 bits per heavy atom. The summed E-state index contributed by atoms with van der Waals surface area (Å²) in [5, 5.41) is 16.5. The number of amides is 1. The summed E-state index contributed by atoms with van der Waals surface area (Å²) in [7, 11) is 1.47. The SMILES string of the molecule is CCC(CN)Nc1ccc(C(=O)NC)cc1[N+](=O)[O-]. The molecule has 1 atom stereocenters. The van der Waals surface area contributed by atoms with Crippen LogP contribution in [0.1, 0.15) is 23.7 Å². The van der Waals surface area contributed by atoms with Crippen LogP contribution in [0.15, 0.2) is 18.2 Å². The topological polar surface area (TPSA) is 110 Å². The Hall–Kier alpha value is -2.15. The zero-order chi connectivity index (χ0) is 14.4. The highest BCUT2D eigenvalue weighted by atomic mass is 16.6. The van der Waals surface area contributed by atoms with Crippen LogP contribution in [-0.4, -0.2) is 30.5 Å². The first kappa shape index (κ1) is 14.9. The molecule has 0 saturated carbocycles. The number of benzene rings is 1. The molecule has 0 aliphatic rings. The highest BCUT2D eigenvalue weighted by molar-refractivity contribution is 5.95. The van der Waals surface area contributed by atoms with Crippen molar-refractivity contribution in [1.29, 1.82) is 0 Å². The molecule has 1 aromatic rings. The van der Waals surface area contributed by atoms with Crippen LogP contribution in [0.25, 0.3) is 0 Å². The second-order valence-corrected chi connectivity index (χ2v) is 4.05. The summed E-state index contributed by atoms with van der Waals surface area (Å²) in [6.07, 6.45) is 0.755. The van der Waals surface area contributed by atoms with Crippen molar-refractivity contribution >= 4 is 17.3 Å². The number of carbonyl (C=O) groups excluding carboxylic acids is 1. The number of nitro benzene ring substituents is 1. The van der Waals surface area contributed by atoms with Gasteiger partial charge in [0.05, 0.1) is 4.92 Å². The second-order valence-electron chi connectivity index (χ2n) is 4.05. The van der Waals surface area contributed by atoms with Crippen LogP contribution in [0.3, 0.4) is 0 Å². The van der Waals surface area contributed by atoms with E-state index in [0.29, 0.717) is 12.2 Å². The first-order valence-electron chi connectivity index (χ1n) is 6.00. The molecular formula is C12H18N4O3. The molecule has 0 bridgehead atoms. The number of hydrogen-bond acceptors (Lipinski definition) is 5. The Kier molecular flexibility index (Phi) is 5.25. The van der Waals surface area contributed by atoms with Gasteiger partial charge >= 0.3 is 0 Å². The summed E-state index contributed by atoms with van der Waals surface area (Å²) in [5.74, 6) is -0.361. The Bertz CT molecular complexity index is 472. The number of hydrogen-bond donors (Lipinski definition) is 3. The van der Waals surface area contributed by atoms with E-state index in [9.17, 15) is 14.9 Å². The number of carbonyl (C=O) groups is 1. The van der Waals surface area contributed by atoms with Gasteiger partial charge in [-0.05, 0) is 18.6 Å². The largest absolute Gasteiger partial charge is 0.375 e. The van der Waals surface area contributed by atoms with Gasteiger partial charge in [0, 0.05) is 31.3 Å². The molecule has 1 unspecified atom stereocenters. The predicted molar refractivity (Wildman–Crippen MR) is 73.2 cm³/mol. The first-order chi connectivity index (χ1) is 9.03. The fourth-order valence-corrected chi connectivity index (χ4v) is 1.64. The third-order valence-corrected chi connectivity index (χ3v) is 2.82. The quantitative estimate of drug-likeness (QED) is 0.527. The molecule has 0 radical (unpaired) electrons. The van der Waals surface area contributed by atoms with Crippen LogP contribution >= 0.6 is 0 Å². The molecule has 4 N–H and O–H groups in total. The van der Waals surface area contributed by atoms with E-state index in [2.05, 4.69) is 10.6 Å². The average Bonchev–Trinajstić information content (AvgIpc) is 2.43. The first-order valence-corrected chi connectivity index (χ1v) is 6.00. The minimum atomic E-state index is -0.516. The molecule has 1 rings (SSSR count). The maximum absolute atomic E-state index is 11.5. The van der Waals surface area contributed by atoms with Crippen LogP contribution in [0.5, 0.6) is 0 Å². The smallest absolute Gasteiger partial charge is 0.293 e. The third kappa shape index (κ3) is 3.65. The van der Waals surface area contributed by atoms with Crippen molar-refractivity contribution in [3.05, 3.63) is 33.9 Å². The number of nitrogens with two attached hydrogens (primary N) is 1. The fourth-order valence-electron chi connectivity index (χ4n) is 1.64. The molecule has 7 nitrogen and oxygen atoms in total. The molecular weight excluding hydrogens is 248 g/mol. The monoisotopic (exact) mass is 266 g/mol. The Morgan fingerprint density at radius 1 is 1.53 bits per heavy atom. The minimum absolute atomic E-state index is 0.0375. The van der Waals surface area contributed by atoms with Crippen molar-refractivity contribution in [1.82, 2.24) is 5.32 Å². The molecule has 1 aromatic carbocycles. The van der Waals surface area contributed by atoms with Crippen LogP contribution < -0.4 is 16.4 Å². The van der Waals surface area contributed by atoms with Crippen molar-refractivity contribution in [2.45, 2.75) is 19.4 Å². The number of rotatable bonds is 6. The zero-order valence-corrected chi connectivity index (χ0v) is 11.0. The molecule has 0 saturated heterocycles. The molecule has 7 heteroatoms. The van der Waals surface area contributed by atoms with Crippen molar-refractivity contribution in [3.63, 3.8) is 0 Å². The van der Waals surface area contributed by atoms with Gasteiger partial charge in [-0.3, -0.25) is 14.9 Å². The van der Waals surface area contributed by atoms with Crippen molar-refractivity contribution in [2.24, 2.45) is 5.73 Å². The van der Waals surface area contributed by atoms with Crippen LogP contribution in [0.4, 0.5) is 11.4 Å². The molecule has 19 heavy (non-hydrogen) atoms. The number of nitrogens with zero attached hydrogens (tertiary/aromatic N) is 1. The van der Waals surface area contributed by atoms with Gasteiger partial charge in [-0.25, -0.2) is 0 Å². The van der Waals surface area contributed by atoms with Gasteiger partial charge in [-0.15, -0.1) is 0 Å². The maximum atomic E-state index is 11.5. The highest BCUT2D eigenvalue weighted by Gasteiger charge is 2.18. The third-order valence-electron chi connectivity index (χ3n) is 2.82. The standard InChI is InChI=1S/C12H18N4O3/c1-3-9(7-13)15-10-5-4-8(12(17)14-2)6-11(10)16(18)19/h4-6,9,15H,3,7,13H2,1-2H3,(H,14,17). The predicted octanol–water partition coefficient (Wildman–Crippen LogP) is 1.10. The molecule has 0 heterocycles. The van der Waals surface area contributed by atoms with Crippen molar-refractivity contribution in [2.75, 3.05) is 18.9 Å². The second kappa shape index (κ2) is 6.69. The molecule has 0 fully saturated rings. The zero-order valence-electron chi connectivity index (χ0n) is 11.0. The van der Waals surface area contributed by atoms with Gasteiger partial charge in [0.15, 0.2) is 0 Å². The molecule has 0 aliphatic heterocycles. The Morgan fingerprint density at radius 3 is 2.68 bits per heavy atom. The van der Waals surface area contributed by atoms with Gasteiger partial charge < -0.3 is 16.4 Å². The van der Waals surface area contributed by atoms with E-state index >= 15 is 0 Å². The number of nitro groups is 1. The van der Waals surface area contributed by atoms with E-state index in [4.69, 9.17) is 5.73 Å². The van der Waals surface area contributed by atoms with E-state index in [1.807, 2.05) is 6.92 Å². The Labute approximate surface area is 111 Å². The summed E-state index contributed by atoms with van der Waals surface area (Å²) >= 11 is 0. The van der Waals surface area contributed by atoms with Crippen molar-refractivity contribution < 1.29 is 9.72 Å². The van der Waals surface area contributed by atoms with Gasteiger partial charge in [-0.1, -0.05) is 6.92 Å². The maximum Gasteiger partial charge on any atom is 0.293 e. The van der Waals surface area contributed by atoms with Crippen LogP contribution in [-0.2, 0) is 0 Å². The lowest BCUT2D eigenvalue weighted by Gasteiger charge is -2.16. The van der Waals surface area contributed by atoms with E-state index < -0.39 is 4.92 Å². The lowest BCUT2D eigenvalue weighted by Crippen LogP contribution is -2.28. The lowest BCUT2D eigenvalue weighted by molar-refractivity contribution is -0.384. The number of nitrogens with one attached hydrogen (secondary N) is 2. The molecule has 0 aromatic heterocycles. The summed E-state index contributed by atoms with van der Waals surface area (Å²) in [5.41, 5.74) is 6.05. The van der Waals surface area contributed by atoms with E-state index in [1.165, 1.54) is 25.2 Å². The van der Waals surface area contributed by atoms with Crippen molar-refractivity contribution in [3.8, 4) is 0 Å². The van der Waals surface area contributed by atoms with Crippen LogP contribution in [0.2, 0.25) is 0 Å². The van der Waals surface area contributed by atoms with E-state index in [0.717, 1.165) is 6.42 Å². The minimum Gasteiger partial charge on any atom is -0.375 e. The van der Waals surface area contributed by atoms with Gasteiger partial charge in [0.25, 0.3) is 11.6 Å². The highest BCUT2D eigenvalue weighted by Crippen LogP contribution is 2.26. The molecule has 1 amide bonds. The van der Waals surface area contributed by atoms with Gasteiger partial charge in [0.2, 0.25) is 0 Å². The van der Waals surface area contributed by atoms with Gasteiger partial charge in [-0.2, -0.15) is 0 Å². The summed E-state index contributed by atoms with van der Waals surface area (Å²) in [4.78, 5) is 22.0. The summed E-state index contributed by atoms with van der Waals surface area (Å²) < 4.78 is 0. The summed E-state index contributed by atoms with van der Waals surface area (Å²) in [6.45, 7) is 2.32. The van der Waals surface area contributed by atoms with E-state index in [-0.39, 0.29) is 23.2 Å². The van der Waals surface area contributed by atoms with E-state index in [1.54, 1.807) is 0 Å². The molecule has 0 aliphatic carbocycles. The fraction of sp³-hybridized carbons (Fsp3) is 0.417. The van der Waals surface area contributed by atoms with Crippen LogP contribution in [0, 0.1) is 10.1 Å². The average molecular weight is 266 g/mol. The number of anilines is 1. The Balaban J connectivity index is 3.11. The summed E-state index contributed by atoms with van der Waals surface area (Å²) in [6, 6.07) is 4.28. The lowest BCUT2D eigenvalue weighted by atomic mass is 10.1. The normalized spacial score (nSPS) is 11.7.